The van der Waals surface area contributed by atoms with Crippen LogP contribution in [0.15, 0.2) is 18.2 Å². The number of carbonyl (C=O) groups excluding carboxylic acids is 2. The van der Waals surface area contributed by atoms with E-state index in [1.165, 1.54) is 6.42 Å². The Bertz CT molecular complexity index is 630. The molecule has 1 N–H and O–H groups in total. The van der Waals surface area contributed by atoms with Gasteiger partial charge in [-0.3, -0.25) is 4.79 Å². The second-order valence-corrected chi connectivity index (χ2v) is 6.49. The number of carbonyl (C=O) groups is 2. The Morgan fingerprint density at radius 3 is 2.75 bits per heavy atom. The van der Waals surface area contributed by atoms with Gasteiger partial charge < -0.3 is 19.5 Å². The molecule has 1 saturated carbocycles. The van der Waals surface area contributed by atoms with Gasteiger partial charge in [0.1, 0.15) is 0 Å². The summed E-state index contributed by atoms with van der Waals surface area (Å²) in [6.07, 6.45) is 3.60. The molecule has 0 saturated heterocycles. The monoisotopic (exact) mass is 333 g/mol. The van der Waals surface area contributed by atoms with E-state index in [1.807, 2.05) is 0 Å². The molecule has 1 fully saturated rings. The molecule has 1 aromatic carbocycles. The Kier molecular flexibility index (Phi) is 4.92. The van der Waals surface area contributed by atoms with Gasteiger partial charge in [0.2, 0.25) is 6.79 Å². The van der Waals surface area contributed by atoms with E-state index in [0.717, 1.165) is 19.3 Å². The minimum atomic E-state index is -0.836. The average molecular weight is 333 g/mol. The van der Waals surface area contributed by atoms with Crippen LogP contribution in [0.3, 0.4) is 0 Å². The number of ether oxygens (including phenoxy) is 3. The van der Waals surface area contributed by atoms with Crippen molar-refractivity contribution in [2.45, 2.75) is 51.7 Å². The van der Waals surface area contributed by atoms with Gasteiger partial charge in [0.25, 0.3) is 5.91 Å². The third-order valence-corrected chi connectivity index (χ3v) is 4.70. The van der Waals surface area contributed by atoms with Crippen molar-refractivity contribution in [3.63, 3.8) is 0 Å². The van der Waals surface area contributed by atoms with Gasteiger partial charge >= 0.3 is 5.97 Å². The number of fused-ring (bicyclic) bond motifs is 1. The van der Waals surface area contributed by atoms with Crippen LogP contribution in [0.1, 0.15) is 49.9 Å². The van der Waals surface area contributed by atoms with E-state index in [0.29, 0.717) is 23.0 Å². The maximum Gasteiger partial charge on any atom is 0.339 e. The smallest absolute Gasteiger partial charge is 0.339 e. The lowest BCUT2D eigenvalue weighted by Crippen LogP contribution is -2.45. The minimum Gasteiger partial charge on any atom is -0.454 e. The molecule has 0 bridgehead atoms. The highest BCUT2D eigenvalue weighted by Crippen LogP contribution is 2.32. The van der Waals surface area contributed by atoms with E-state index in [-0.39, 0.29) is 18.7 Å². The summed E-state index contributed by atoms with van der Waals surface area (Å²) < 4.78 is 15.7. The zero-order valence-corrected chi connectivity index (χ0v) is 14.0. The third-order valence-electron chi connectivity index (χ3n) is 4.70. The van der Waals surface area contributed by atoms with E-state index in [2.05, 4.69) is 12.2 Å². The van der Waals surface area contributed by atoms with Crippen molar-refractivity contribution in [2.24, 2.45) is 5.92 Å². The number of esters is 1. The number of amides is 1. The van der Waals surface area contributed by atoms with E-state index in [1.54, 1.807) is 25.1 Å². The molecule has 2 aliphatic rings. The average Bonchev–Trinajstić information content (AvgIpc) is 3.04. The van der Waals surface area contributed by atoms with E-state index < -0.39 is 12.1 Å². The quantitative estimate of drug-likeness (QED) is 0.858. The highest BCUT2D eigenvalue weighted by atomic mass is 16.7. The number of rotatable bonds is 4. The summed E-state index contributed by atoms with van der Waals surface area (Å²) in [4.78, 5) is 24.5. The molecule has 1 aromatic rings. The van der Waals surface area contributed by atoms with Gasteiger partial charge in [-0.15, -0.1) is 0 Å². The molecule has 0 radical (unpaired) electrons. The zero-order chi connectivity index (χ0) is 17.1. The third kappa shape index (κ3) is 3.63. The van der Waals surface area contributed by atoms with E-state index in [4.69, 9.17) is 14.2 Å². The van der Waals surface area contributed by atoms with Crippen molar-refractivity contribution >= 4 is 11.9 Å². The van der Waals surface area contributed by atoms with Crippen LogP contribution in [0.4, 0.5) is 0 Å². The fourth-order valence-electron chi connectivity index (χ4n) is 3.14. The van der Waals surface area contributed by atoms with Crippen molar-refractivity contribution in [3.05, 3.63) is 23.8 Å². The lowest BCUT2D eigenvalue weighted by Gasteiger charge is -2.30. The van der Waals surface area contributed by atoms with Crippen molar-refractivity contribution in [3.8, 4) is 11.5 Å². The van der Waals surface area contributed by atoms with Crippen molar-refractivity contribution in [1.29, 1.82) is 0 Å². The summed E-state index contributed by atoms with van der Waals surface area (Å²) >= 11 is 0. The summed E-state index contributed by atoms with van der Waals surface area (Å²) in [5, 5.41) is 3.01. The predicted molar refractivity (Wildman–Crippen MR) is 87.0 cm³/mol. The van der Waals surface area contributed by atoms with Crippen molar-refractivity contribution < 1.29 is 23.8 Å². The Balaban J connectivity index is 1.56. The lowest BCUT2D eigenvalue weighted by atomic mass is 9.86. The molecule has 3 atom stereocenters. The Morgan fingerprint density at radius 1 is 1.21 bits per heavy atom. The van der Waals surface area contributed by atoms with Crippen LogP contribution in [-0.4, -0.2) is 30.8 Å². The molecule has 0 unspecified atom stereocenters. The van der Waals surface area contributed by atoms with Gasteiger partial charge in [0, 0.05) is 6.04 Å². The largest absolute Gasteiger partial charge is 0.454 e. The van der Waals surface area contributed by atoms with E-state index in [9.17, 15) is 9.59 Å². The molecular formula is C18H23NO5. The van der Waals surface area contributed by atoms with Gasteiger partial charge in [-0.1, -0.05) is 19.8 Å². The highest BCUT2D eigenvalue weighted by molar-refractivity contribution is 5.93. The topological polar surface area (TPSA) is 73.9 Å². The molecule has 24 heavy (non-hydrogen) atoms. The first-order chi connectivity index (χ1) is 11.5. The van der Waals surface area contributed by atoms with Crippen LogP contribution >= 0.6 is 0 Å². The summed E-state index contributed by atoms with van der Waals surface area (Å²) in [5.74, 6) is 0.774. The molecule has 0 aromatic heterocycles. The number of nitrogens with one attached hydrogen (secondary N) is 1. The van der Waals surface area contributed by atoms with Crippen LogP contribution in [0.5, 0.6) is 11.5 Å². The molecule has 1 amide bonds. The molecule has 1 aliphatic carbocycles. The Labute approximate surface area is 141 Å². The molecule has 6 nitrogen and oxygen atoms in total. The SMILES string of the molecule is C[C@@H]1CCCC[C@@H]1NC(=O)[C@@H](C)OC(=O)c1ccc2c(c1)OCO2. The second kappa shape index (κ2) is 7.11. The predicted octanol–water partition coefficient (Wildman–Crippen LogP) is 2.66. The molecular weight excluding hydrogens is 310 g/mol. The molecule has 0 spiro atoms. The molecule has 1 heterocycles. The first-order valence-corrected chi connectivity index (χ1v) is 8.45. The first kappa shape index (κ1) is 16.6. The van der Waals surface area contributed by atoms with Crippen LogP contribution in [0.2, 0.25) is 0 Å². The lowest BCUT2D eigenvalue weighted by molar-refractivity contribution is -0.130. The Morgan fingerprint density at radius 2 is 1.96 bits per heavy atom. The summed E-state index contributed by atoms with van der Waals surface area (Å²) in [6.45, 7) is 3.88. The van der Waals surface area contributed by atoms with Crippen molar-refractivity contribution in [1.82, 2.24) is 5.32 Å². The number of hydrogen-bond acceptors (Lipinski definition) is 5. The van der Waals surface area contributed by atoms with Gasteiger partial charge in [-0.2, -0.15) is 0 Å². The van der Waals surface area contributed by atoms with Crippen LogP contribution in [-0.2, 0) is 9.53 Å². The highest BCUT2D eigenvalue weighted by Gasteiger charge is 2.27. The maximum absolute atomic E-state index is 12.3. The number of benzene rings is 1. The summed E-state index contributed by atoms with van der Waals surface area (Å²) in [5.41, 5.74) is 0.338. The molecule has 130 valence electrons. The fourth-order valence-corrected chi connectivity index (χ4v) is 3.14. The number of hydrogen-bond donors (Lipinski definition) is 1. The fraction of sp³-hybridized carbons (Fsp3) is 0.556. The van der Waals surface area contributed by atoms with Crippen LogP contribution in [0.25, 0.3) is 0 Å². The van der Waals surface area contributed by atoms with Crippen LogP contribution in [0, 0.1) is 5.92 Å². The van der Waals surface area contributed by atoms with Gasteiger partial charge in [0.15, 0.2) is 17.6 Å². The standard InChI is InChI=1S/C18H23NO5/c1-11-5-3-4-6-14(11)19-17(20)12(2)24-18(21)13-7-8-15-16(9-13)23-10-22-15/h7-9,11-12,14H,3-6,10H2,1-2H3,(H,19,20)/t11-,12-,14+/m1/s1. The second-order valence-electron chi connectivity index (χ2n) is 6.49. The normalized spacial score (nSPS) is 23.4. The molecule has 3 rings (SSSR count). The Hall–Kier alpha value is -2.24. The first-order valence-electron chi connectivity index (χ1n) is 8.45. The maximum atomic E-state index is 12.3. The van der Waals surface area contributed by atoms with Crippen LogP contribution < -0.4 is 14.8 Å². The van der Waals surface area contributed by atoms with Gasteiger partial charge in [-0.25, -0.2) is 4.79 Å². The van der Waals surface area contributed by atoms with E-state index >= 15 is 0 Å². The van der Waals surface area contributed by atoms with Gasteiger partial charge in [0.05, 0.1) is 5.56 Å². The summed E-state index contributed by atoms with van der Waals surface area (Å²) in [6, 6.07) is 4.99. The van der Waals surface area contributed by atoms with Gasteiger partial charge in [-0.05, 0) is 43.9 Å². The zero-order valence-electron chi connectivity index (χ0n) is 14.0. The minimum absolute atomic E-state index is 0.145. The molecule has 1 aliphatic heterocycles. The molecule has 6 heteroatoms. The van der Waals surface area contributed by atoms with Crippen molar-refractivity contribution in [2.75, 3.05) is 6.79 Å². The summed E-state index contributed by atoms with van der Waals surface area (Å²) in [7, 11) is 0.